The van der Waals surface area contributed by atoms with E-state index in [9.17, 15) is 0 Å². The predicted octanol–water partition coefficient (Wildman–Crippen LogP) is 3.90. The van der Waals surface area contributed by atoms with E-state index in [0.29, 0.717) is 6.61 Å². The van der Waals surface area contributed by atoms with Crippen molar-refractivity contribution in [3.63, 3.8) is 0 Å². The van der Waals surface area contributed by atoms with Gasteiger partial charge in [0.05, 0.1) is 0 Å². The average molecular weight is 255 g/mol. The molecular formula is C17H21NO. The van der Waals surface area contributed by atoms with Crippen LogP contribution in [0.3, 0.4) is 0 Å². The molecule has 0 aliphatic carbocycles. The van der Waals surface area contributed by atoms with Crippen molar-refractivity contribution in [1.29, 1.82) is 0 Å². The van der Waals surface area contributed by atoms with Crippen molar-refractivity contribution in [2.45, 2.75) is 33.4 Å². The smallest absolute Gasteiger partial charge is 0.119 e. The van der Waals surface area contributed by atoms with Gasteiger partial charge in [-0.1, -0.05) is 30.3 Å². The Bertz CT molecular complexity index is 523. The molecule has 0 bridgehead atoms. The van der Waals surface area contributed by atoms with Crippen LogP contribution in [0.25, 0.3) is 0 Å². The van der Waals surface area contributed by atoms with Crippen LogP contribution in [0.5, 0.6) is 5.75 Å². The summed E-state index contributed by atoms with van der Waals surface area (Å²) in [7, 11) is 0. The van der Waals surface area contributed by atoms with Crippen LogP contribution in [0.4, 0.5) is 0 Å². The van der Waals surface area contributed by atoms with E-state index in [4.69, 9.17) is 10.5 Å². The molecule has 100 valence electrons. The van der Waals surface area contributed by atoms with Crippen molar-refractivity contribution in [1.82, 2.24) is 0 Å². The van der Waals surface area contributed by atoms with Gasteiger partial charge in [-0.05, 0) is 55.2 Å². The third kappa shape index (κ3) is 3.36. The lowest BCUT2D eigenvalue weighted by molar-refractivity contribution is 0.304. The second-order valence-corrected chi connectivity index (χ2v) is 5.02. The van der Waals surface area contributed by atoms with Crippen LogP contribution in [0.2, 0.25) is 0 Å². The molecular weight excluding hydrogens is 234 g/mol. The Morgan fingerprint density at radius 3 is 2.11 bits per heavy atom. The van der Waals surface area contributed by atoms with Crippen LogP contribution in [-0.2, 0) is 6.61 Å². The van der Waals surface area contributed by atoms with Gasteiger partial charge in [0.2, 0.25) is 0 Å². The van der Waals surface area contributed by atoms with Gasteiger partial charge >= 0.3 is 0 Å². The maximum atomic E-state index is 5.85. The van der Waals surface area contributed by atoms with E-state index in [2.05, 4.69) is 32.0 Å². The van der Waals surface area contributed by atoms with E-state index in [-0.39, 0.29) is 6.04 Å². The minimum absolute atomic E-state index is 0.0627. The van der Waals surface area contributed by atoms with E-state index in [1.54, 1.807) is 0 Å². The minimum Gasteiger partial charge on any atom is -0.489 e. The first-order valence-electron chi connectivity index (χ1n) is 6.61. The molecule has 2 rings (SSSR count). The van der Waals surface area contributed by atoms with Gasteiger partial charge in [-0.15, -0.1) is 0 Å². The maximum absolute atomic E-state index is 5.85. The van der Waals surface area contributed by atoms with E-state index in [0.717, 1.165) is 11.3 Å². The zero-order chi connectivity index (χ0) is 13.8. The molecule has 0 radical (unpaired) electrons. The summed E-state index contributed by atoms with van der Waals surface area (Å²) in [5.74, 6) is 0.882. The molecule has 0 saturated heterocycles. The Balaban J connectivity index is 2.06. The topological polar surface area (TPSA) is 35.2 Å². The molecule has 0 unspecified atom stereocenters. The van der Waals surface area contributed by atoms with Crippen molar-refractivity contribution < 1.29 is 4.74 Å². The Hall–Kier alpha value is -1.80. The normalized spacial score (nSPS) is 12.2. The van der Waals surface area contributed by atoms with Crippen molar-refractivity contribution in [3.8, 4) is 5.75 Å². The molecule has 0 heterocycles. The van der Waals surface area contributed by atoms with E-state index in [1.165, 1.54) is 16.7 Å². The number of hydrogen-bond donors (Lipinski definition) is 1. The molecule has 0 spiro atoms. The molecule has 2 heteroatoms. The summed E-state index contributed by atoms with van der Waals surface area (Å²) >= 11 is 0. The molecule has 0 aliphatic heterocycles. The molecule has 0 amide bonds. The largest absolute Gasteiger partial charge is 0.489 e. The Morgan fingerprint density at radius 1 is 1.00 bits per heavy atom. The summed E-state index contributed by atoms with van der Waals surface area (Å²) in [5, 5.41) is 0. The zero-order valence-corrected chi connectivity index (χ0v) is 11.8. The maximum Gasteiger partial charge on any atom is 0.119 e. The first-order valence-corrected chi connectivity index (χ1v) is 6.61. The number of hydrogen-bond acceptors (Lipinski definition) is 2. The van der Waals surface area contributed by atoms with Crippen LogP contribution in [0.15, 0.2) is 42.5 Å². The van der Waals surface area contributed by atoms with Gasteiger partial charge < -0.3 is 10.5 Å². The second-order valence-electron chi connectivity index (χ2n) is 5.02. The highest BCUT2D eigenvalue weighted by Crippen LogP contribution is 2.19. The Labute approximate surface area is 115 Å². The first-order chi connectivity index (χ1) is 9.08. The molecule has 0 saturated carbocycles. The molecule has 0 aliphatic rings. The molecule has 2 aromatic carbocycles. The Morgan fingerprint density at radius 2 is 1.58 bits per heavy atom. The highest BCUT2D eigenvalue weighted by atomic mass is 16.5. The lowest BCUT2D eigenvalue weighted by Crippen LogP contribution is -2.05. The minimum atomic E-state index is 0.0627. The second kappa shape index (κ2) is 5.89. The zero-order valence-electron chi connectivity index (χ0n) is 11.8. The van der Waals surface area contributed by atoms with Crippen LogP contribution < -0.4 is 10.5 Å². The highest BCUT2D eigenvalue weighted by Gasteiger charge is 2.04. The summed E-state index contributed by atoms with van der Waals surface area (Å²) in [5.41, 5.74) is 10.8. The lowest BCUT2D eigenvalue weighted by atomic mass is 10.0. The van der Waals surface area contributed by atoms with Gasteiger partial charge in [0, 0.05) is 6.04 Å². The van der Waals surface area contributed by atoms with Crippen molar-refractivity contribution in [3.05, 3.63) is 64.7 Å². The standard InChI is InChI=1S/C17H21NO/c1-12-5-4-6-13(2)17(12)11-19-16-9-7-15(8-10-16)14(3)18/h4-10,14H,11,18H2,1-3H3/t14-/m0/s1. The highest BCUT2D eigenvalue weighted by molar-refractivity contribution is 5.34. The summed E-state index contributed by atoms with van der Waals surface area (Å²) < 4.78 is 5.85. The summed E-state index contributed by atoms with van der Waals surface area (Å²) in [6, 6.07) is 14.4. The predicted molar refractivity (Wildman–Crippen MR) is 79.3 cm³/mol. The van der Waals surface area contributed by atoms with Crippen LogP contribution in [0, 0.1) is 13.8 Å². The van der Waals surface area contributed by atoms with Gasteiger partial charge in [-0.2, -0.15) is 0 Å². The Kier molecular flexibility index (Phi) is 4.23. The number of nitrogens with two attached hydrogens (primary N) is 1. The fraction of sp³-hybridized carbons (Fsp3) is 0.294. The van der Waals surface area contributed by atoms with Gasteiger partial charge in [-0.3, -0.25) is 0 Å². The van der Waals surface area contributed by atoms with Crippen molar-refractivity contribution in [2.75, 3.05) is 0 Å². The van der Waals surface area contributed by atoms with Crippen molar-refractivity contribution in [2.24, 2.45) is 5.73 Å². The summed E-state index contributed by atoms with van der Waals surface area (Å²) in [4.78, 5) is 0. The quantitative estimate of drug-likeness (QED) is 0.899. The fourth-order valence-corrected chi connectivity index (χ4v) is 2.10. The van der Waals surface area contributed by atoms with Crippen molar-refractivity contribution >= 4 is 0 Å². The first kappa shape index (κ1) is 13.6. The number of aryl methyl sites for hydroxylation is 2. The van der Waals surface area contributed by atoms with Crippen LogP contribution in [-0.4, -0.2) is 0 Å². The monoisotopic (exact) mass is 255 g/mol. The summed E-state index contributed by atoms with van der Waals surface area (Å²) in [6.45, 7) is 6.82. The van der Waals surface area contributed by atoms with Gasteiger partial charge in [0.15, 0.2) is 0 Å². The number of rotatable bonds is 4. The molecule has 1 atom stereocenters. The molecule has 2 N–H and O–H groups in total. The number of ether oxygens (including phenoxy) is 1. The van der Waals surface area contributed by atoms with Crippen LogP contribution in [0.1, 0.15) is 35.2 Å². The van der Waals surface area contributed by atoms with Gasteiger partial charge in [-0.25, -0.2) is 0 Å². The molecule has 2 nitrogen and oxygen atoms in total. The molecule has 2 aromatic rings. The third-order valence-electron chi connectivity index (χ3n) is 3.43. The van der Waals surface area contributed by atoms with E-state index >= 15 is 0 Å². The van der Waals surface area contributed by atoms with E-state index < -0.39 is 0 Å². The third-order valence-corrected chi connectivity index (χ3v) is 3.43. The SMILES string of the molecule is Cc1cccc(C)c1COc1ccc([C@H](C)N)cc1. The molecule has 19 heavy (non-hydrogen) atoms. The van der Waals surface area contributed by atoms with Crippen LogP contribution >= 0.6 is 0 Å². The average Bonchev–Trinajstić information content (AvgIpc) is 2.38. The lowest BCUT2D eigenvalue weighted by Gasteiger charge is -2.12. The summed E-state index contributed by atoms with van der Waals surface area (Å²) in [6.07, 6.45) is 0. The van der Waals surface area contributed by atoms with Gasteiger partial charge in [0.1, 0.15) is 12.4 Å². The molecule has 0 aromatic heterocycles. The van der Waals surface area contributed by atoms with E-state index in [1.807, 2.05) is 31.2 Å². The number of benzene rings is 2. The van der Waals surface area contributed by atoms with Gasteiger partial charge in [0.25, 0.3) is 0 Å². The fourth-order valence-electron chi connectivity index (χ4n) is 2.10. The molecule has 0 fully saturated rings.